The molecule has 1 heterocycles. The van der Waals surface area contributed by atoms with E-state index in [0.717, 1.165) is 11.7 Å². The number of benzene rings is 2. The van der Waals surface area contributed by atoms with Crippen molar-refractivity contribution in [3.63, 3.8) is 0 Å². The van der Waals surface area contributed by atoms with Crippen LogP contribution in [0.3, 0.4) is 0 Å². The molecule has 2 bridgehead atoms. The molecule has 2 aromatic rings. The first-order valence-electron chi connectivity index (χ1n) is 11.3. The molecule has 0 amide bonds. The Balaban J connectivity index is 1.32. The molecule has 3 aliphatic rings. The van der Waals surface area contributed by atoms with Crippen molar-refractivity contribution in [2.45, 2.75) is 44.3 Å². The van der Waals surface area contributed by atoms with Crippen LogP contribution < -0.4 is 4.74 Å². The molecule has 1 unspecified atom stereocenters. The van der Waals surface area contributed by atoms with E-state index in [0.29, 0.717) is 18.4 Å². The Morgan fingerprint density at radius 2 is 1.59 bits per heavy atom. The van der Waals surface area contributed by atoms with Crippen LogP contribution in [-0.2, 0) is 16.9 Å². The topological polar surface area (TPSA) is 21.7 Å². The van der Waals surface area contributed by atoms with Crippen molar-refractivity contribution in [2.75, 3.05) is 26.7 Å². The maximum absolute atomic E-state index is 6.40. The van der Waals surface area contributed by atoms with Gasteiger partial charge in [-0.15, -0.1) is 0 Å². The highest BCUT2D eigenvalue weighted by Crippen LogP contribution is 2.52. The Labute approximate surface area is 175 Å². The van der Waals surface area contributed by atoms with Gasteiger partial charge in [-0.3, -0.25) is 0 Å². The molecule has 0 radical (unpaired) electrons. The SMILES string of the molecule is COC1(c2ccc(OCc3ccccc3)cc2)[C@@H]2CCC[C@H]1CN(CC1CC1)C2. The molecule has 3 atom stereocenters. The van der Waals surface area contributed by atoms with Crippen LogP contribution in [0.1, 0.15) is 43.2 Å². The Bertz CT molecular complexity index is 785. The van der Waals surface area contributed by atoms with Gasteiger partial charge in [0, 0.05) is 38.6 Å². The molecule has 3 fully saturated rings. The zero-order valence-electron chi connectivity index (χ0n) is 17.6. The smallest absolute Gasteiger partial charge is 0.119 e. The average molecular weight is 392 g/mol. The van der Waals surface area contributed by atoms with Crippen LogP contribution in [0, 0.1) is 17.8 Å². The fourth-order valence-electron chi connectivity index (χ4n) is 5.81. The molecular weight excluding hydrogens is 358 g/mol. The largest absolute Gasteiger partial charge is 0.489 e. The van der Waals surface area contributed by atoms with Crippen molar-refractivity contribution in [1.82, 2.24) is 4.90 Å². The summed E-state index contributed by atoms with van der Waals surface area (Å²) in [6.07, 6.45) is 6.77. The van der Waals surface area contributed by atoms with E-state index in [1.807, 2.05) is 13.2 Å². The summed E-state index contributed by atoms with van der Waals surface area (Å²) < 4.78 is 12.4. The summed E-state index contributed by atoms with van der Waals surface area (Å²) in [5.41, 5.74) is 2.41. The highest BCUT2D eigenvalue weighted by Gasteiger charge is 2.53. The highest BCUT2D eigenvalue weighted by atomic mass is 16.5. The van der Waals surface area contributed by atoms with Gasteiger partial charge >= 0.3 is 0 Å². The van der Waals surface area contributed by atoms with E-state index >= 15 is 0 Å². The van der Waals surface area contributed by atoms with E-state index in [9.17, 15) is 0 Å². The van der Waals surface area contributed by atoms with Crippen LogP contribution in [0.4, 0.5) is 0 Å². The first-order valence-corrected chi connectivity index (χ1v) is 11.3. The van der Waals surface area contributed by atoms with Gasteiger partial charge in [-0.1, -0.05) is 48.9 Å². The molecule has 3 heteroatoms. The summed E-state index contributed by atoms with van der Waals surface area (Å²) in [5.74, 6) is 3.08. The maximum Gasteiger partial charge on any atom is 0.119 e. The molecule has 1 saturated heterocycles. The summed E-state index contributed by atoms with van der Waals surface area (Å²) in [5, 5.41) is 0. The number of likely N-dealkylation sites (tertiary alicyclic amines) is 1. The van der Waals surface area contributed by atoms with E-state index in [1.54, 1.807) is 0 Å². The van der Waals surface area contributed by atoms with Crippen LogP contribution in [-0.4, -0.2) is 31.6 Å². The first-order chi connectivity index (χ1) is 14.3. The van der Waals surface area contributed by atoms with Crippen molar-refractivity contribution in [1.29, 1.82) is 0 Å². The lowest BCUT2D eigenvalue weighted by Gasteiger charge is -2.55. The van der Waals surface area contributed by atoms with E-state index in [-0.39, 0.29) is 5.60 Å². The van der Waals surface area contributed by atoms with Gasteiger partial charge in [-0.2, -0.15) is 0 Å². The number of ether oxygens (including phenoxy) is 2. The normalized spacial score (nSPS) is 29.6. The number of piperidine rings is 1. The quantitative estimate of drug-likeness (QED) is 0.643. The van der Waals surface area contributed by atoms with Crippen LogP contribution in [0.15, 0.2) is 54.6 Å². The van der Waals surface area contributed by atoms with Gasteiger partial charge in [-0.25, -0.2) is 0 Å². The molecule has 0 N–H and O–H groups in total. The lowest BCUT2D eigenvalue weighted by Crippen LogP contribution is -2.59. The van der Waals surface area contributed by atoms with Gasteiger partial charge < -0.3 is 14.4 Å². The van der Waals surface area contributed by atoms with Gasteiger partial charge in [0.25, 0.3) is 0 Å². The van der Waals surface area contributed by atoms with Crippen LogP contribution in [0.25, 0.3) is 0 Å². The standard InChI is InChI=1S/C26H33NO2/c1-28-26(23-8-5-9-24(26)18-27(17-23)16-20-10-11-20)22-12-14-25(15-13-22)29-19-21-6-3-2-4-7-21/h2-4,6-7,12-15,20,23-24H,5,8-11,16-19H2,1H3/t23-,24+,26?. The Kier molecular flexibility index (Phi) is 5.36. The predicted molar refractivity (Wildman–Crippen MR) is 116 cm³/mol. The van der Waals surface area contributed by atoms with E-state index < -0.39 is 0 Å². The lowest BCUT2D eigenvalue weighted by atomic mass is 9.62. The van der Waals surface area contributed by atoms with Crippen molar-refractivity contribution in [3.8, 4) is 5.75 Å². The zero-order chi connectivity index (χ0) is 19.7. The minimum absolute atomic E-state index is 0.129. The molecular formula is C26H33NO2. The van der Waals surface area contributed by atoms with E-state index in [1.165, 1.54) is 62.9 Å². The Morgan fingerprint density at radius 1 is 0.897 bits per heavy atom. The molecule has 1 aliphatic heterocycles. The number of hydrogen-bond acceptors (Lipinski definition) is 3. The number of fused-ring (bicyclic) bond motifs is 2. The van der Waals surface area contributed by atoms with Crippen molar-refractivity contribution in [2.24, 2.45) is 17.8 Å². The van der Waals surface area contributed by atoms with Gasteiger partial charge in [0.05, 0.1) is 0 Å². The fraction of sp³-hybridized carbons (Fsp3) is 0.538. The summed E-state index contributed by atoms with van der Waals surface area (Å²) in [7, 11) is 1.93. The number of rotatable bonds is 7. The maximum atomic E-state index is 6.40. The molecule has 29 heavy (non-hydrogen) atoms. The summed E-state index contributed by atoms with van der Waals surface area (Å²) in [4.78, 5) is 2.74. The number of methoxy groups -OCH3 is 1. The van der Waals surface area contributed by atoms with E-state index in [2.05, 4.69) is 53.4 Å². The molecule has 3 nitrogen and oxygen atoms in total. The summed E-state index contributed by atoms with van der Waals surface area (Å²) in [6, 6.07) is 19.1. The van der Waals surface area contributed by atoms with Gasteiger partial charge in [0.1, 0.15) is 18.0 Å². The average Bonchev–Trinajstić information content (AvgIpc) is 3.57. The van der Waals surface area contributed by atoms with E-state index in [4.69, 9.17) is 9.47 Å². The van der Waals surface area contributed by atoms with Crippen LogP contribution in [0.5, 0.6) is 5.75 Å². The minimum atomic E-state index is -0.129. The molecule has 154 valence electrons. The second kappa shape index (κ2) is 8.12. The third kappa shape index (κ3) is 3.83. The Morgan fingerprint density at radius 3 is 2.21 bits per heavy atom. The van der Waals surface area contributed by atoms with Crippen LogP contribution >= 0.6 is 0 Å². The molecule has 0 aromatic heterocycles. The first kappa shape index (κ1) is 19.1. The monoisotopic (exact) mass is 391 g/mol. The van der Waals surface area contributed by atoms with Crippen molar-refractivity contribution < 1.29 is 9.47 Å². The van der Waals surface area contributed by atoms with Crippen molar-refractivity contribution in [3.05, 3.63) is 65.7 Å². The molecule has 2 aliphatic carbocycles. The Hall–Kier alpha value is -1.84. The van der Waals surface area contributed by atoms with Crippen LogP contribution in [0.2, 0.25) is 0 Å². The lowest BCUT2D eigenvalue weighted by molar-refractivity contribution is -0.169. The molecule has 2 saturated carbocycles. The third-order valence-electron chi connectivity index (χ3n) is 7.38. The molecule has 5 rings (SSSR count). The predicted octanol–water partition coefficient (Wildman–Crippen LogP) is 5.25. The third-order valence-corrected chi connectivity index (χ3v) is 7.38. The van der Waals surface area contributed by atoms with Crippen molar-refractivity contribution >= 4 is 0 Å². The second-order valence-corrected chi connectivity index (χ2v) is 9.28. The van der Waals surface area contributed by atoms with Gasteiger partial charge in [0.2, 0.25) is 0 Å². The zero-order valence-corrected chi connectivity index (χ0v) is 17.6. The summed E-state index contributed by atoms with van der Waals surface area (Å²) in [6.45, 7) is 4.29. The number of hydrogen-bond donors (Lipinski definition) is 0. The minimum Gasteiger partial charge on any atom is -0.489 e. The second-order valence-electron chi connectivity index (χ2n) is 9.28. The summed E-state index contributed by atoms with van der Waals surface area (Å²) >= 11 is 0. The molecule has 0 spiro atoms. The van der Waals surface area contributed by atoms with Gasteiger partial charge in [0.15, 0.2) is 0 Å². The highest BCUT2D eigenvalue weighted by molar-refractivity contribution is 5.34. The molecule has 2 aromatic carbocycles. The van der Waals surface area contributed by atoms with Gasteiger partial charge in [-0.05, 0) is 54.9 Å². The fourth-order valence-corrected chi connectivity index (χ4v) is 5.81. The number of nitrogens with zero attached hydrogens (tertiary/aromatic N) is 1.